The number of ketones is 2. The van der Waals surface area contributed by atoms with Gasteiger partial charge in [0.1, 0.15) is 5.76 Å². The molecule has 1 aliphatic rings. The van der Waals surface area contributed by atoms with Crippen molar-refractivity contribution in [3.63, 3.8) is 0 Å². The van der Waals surface area contributed by atoms with Gasteiger partial charge in [-0.3, -0.25) is 9.59 Å². The zero-order valence-corrected chi connectivity index (χ0v) is 13.5. The second kappa shape index (κ2) is 5.20. The van der Waals surface area contributed by atoms with Crippen LogP contribution >= 0.6 is 0 Å². The topological polar surface area (TPSA) is 54.4 Å². The van der Waals surface area contributed by atoms with E-state index in [0.29, 0.717) is 11.1 Å². The number of rotatable bonds is 2. The van der Waals surface area contributed by atoms with Crippen LogP contribution in [-0.4, -0.2) is 16.7 Å². The fourth-order valence-electron chi connectivity index (χ4n) is 3.32. The number of aryl methyl sites for hydroxylation is 3. The van der Waals surface area contributed by atoms with Crippen molar-refractivity contribution in [1.82, 2.24) is 0 Å². The Morgan fingerprint density at radius 3 is 2.43 bits per heavy atom. The van der Waals surface area contributed by atoms with Crippen molar-refractivity contribution in [1.29, 1.82) is 0 Å². The summed E-state index contributed by atoms with van der Waals surface area (Å²) in [7, 11) is 0. The van der Waals surface area contributed by atoms with E-state index in [0.717, 1.165) is 27.5 Å². The van der Waals surface area contributed by atoms with Gasteiger partial charge in [0.2, 0.25) is 11.6 Å². The fourth-order valence-corrected chi connectivity index (χ4v) is 3.32. The van der Waals surface area contributed by atoms with Gasteiger partial charge in [-0.25, -0.2) is 0 Å². The minimum Gasteiger partial charge on any atom is -0.507 e. The van der Waals surface area contributed by atoms with E-state index in [2.05, 4.69) is 6.58 Å². The Bertz CT molecular complexity index is 930. The third kappa shape index (κ3) is 2.04. The van der Waals surface area contributed by atoms with Gasteiger partial charge < -0.3 is 5.11 Å². The van der Waals surface area contributed by atoms with Crippen LogP contribution in [0.1, 0.15) is 39.0 Å². The summed E-state index contributed by atoms with van der Waals surface area (Å²) in [5, 5.41) is 12.2. The van der Waals surface area contributed by atoms with Crippen molar-refractivity contribution in [2.45, 2.75) is 27.2 Å². The van der Waals surface area contributed by atoms with E-state index in [1.807, 2.05) is 32.9 Å². The van der Waals surface area contributed by atoms with Crippen LogP contribution in [0.2, 0.25) is 0 Å². The number of hydrogen-bond donors (Lipinski definition) is 1. The smallest absolute Gasteiger partial charge is 0.234 e. The van der Waals surface area contributed by atoms with Crippen LogP contribution in [-0.2, 0) is 4.79 Å². The number of carbonyl (C=O) groups excluding carboxylic acids is 2. The summed E-state index contributed by atoms with van der Waals surface area (Å²) in [6.45, 7) is 9.56. The molecule has 0 heterocycles. The van der Waals surface area contributed by atoms with Crippen LogP contribution in [0.5, 0.6) is 0 Å². The van der Waals surface area contributed by atoms with Crippen LogP contribution in [0.3, 0.4) is 0 Å². The highest BCUT2D eigenvalue weighted by atomic mass is 16.3. The van der Waals surface area contributed by atoms with Crippen LogP contribution in [0.15, 0.2) is 36.4 Å². The molecule has 0 saturated heterocycles. The van der Waals surface area contributed by atoms with E-state index in [9.17, 15) is 14.7 Å². The lowest BCUT2D eigenvalue weighted by Crippen LogP contribution is -2.24. The van der Waals surface area contributed by atoms with Gasteiger partial charge in [0, 0.05) is 16.7 Å². The van der Waals surface area contributed by atoms with Crippen molar-refractivity contribution >= 4 is 28.1 Å². The van der Waals surface area contributed by atoms with E-state index in [1.165, 1.54) is 6.08 Å². The lowest BCUT2D eigenvalue weighted by atomic mass is 9.81. The zero-order chi connectivity index (χ0) is 16.9. The van der Waals surface area contributed by atoms with Gasteiger partial charge in [0.05, 0.1) is 0 Å². The molecule has 0 unspecified atom stereocenters. The van der Waals surface area contributed by atoms with Crippen LogP contribution < -0.4 is 0 Å². The second-order valence-electron chi connectivity index (χ2n) is 6.02. The number of Topliss-reactive ketones (excluding diaryl/α,β-unsaturated/α-hetero) is 2. The number of carbonyl (C=O) groups is 2. The van der Waals surface area contributed by atoms with Gasteiger partial charge >= 0.3 is 0 Å². The Balaban J connectivity index is 2.48. The van der Waals surface area contributed by atoms with Gasteiger partial charge in [0.25, 0.3) is 0 Å². The normalized spacial score (nSPS) is 14.4. The predicted octanol–water partition coefficient (Wildman–Crippen LogP) is 4.38. The molecule has 0 radical (unpaired) electrons. The molecule has 2 aromatic rings. The highest BCUT2D eigenvalue weighted by Gasteiger charge is 2.34. The maximum absolute atomic E-state index is 12.6. The Morgan fingerprint density at radius 2 is 1.78 bits per heavy atom. The maximum Gasteiger partial charge on any atom is 0.234 e. The van der Waals surface area contributed by atoms with Crippen molar-refractivity contribution in [2.75, 3.05) is 0 Å². The lowest BCUT2D eigenvalue weighted by molar-refractivity contribution is -0.112. The molecule has 2 aromatic carbocycles. The van der Waals surface area contributed by atoms with Gasteiger partial charge in [0.15, 0.2) is 0 Å². The van der Waals surface area contributed by atoms with Crippen LogP contribution in [0.4, 0.5) is 0 Å². The molecule has 23 heavy (non-hydrogen) atoms. The Hall–Kier alpha value is -2.68. The monoisotopic (exact) mass is 306 g/mol. The number of hydrogen-bond acceptors (Lipinski definition) is 3. The lowest BCUT2D eigenvalue weighted by Gasteiger charge is -2.21. The first-order valence-corrected chi connectivity index (χ1v) is 7.54. The quantitative estimate of drug-likeness (QED) is 0.662. The molecule has 0 aromatic heterocycles. The summed E-state index contributed by atoms with van der Waals surface area (Å²) in [5.41, 5.74) is 4.07. The summed E-state index contributed by atoms with van der Waals surface area (Å²) >= 11 is 0. The summed E-state index contributed by atoms with van der Waals surface area (Å²) in [6, 6.07) is 5.60. The standard InChI is InChI=1S/C20H18O3/c1-5-6-14-18(21)15-9-11(3)16-12(4)10(2)7-8-13(16)17(15)20(23)19(14)22/h5,7-9,21H,1,6H2,2-4H3. The minimum atomic E-state index is -0.640. The van der Waals surface area contributed by atoms with Crippen LogP contribution in [0, 0.1) is 20.8 Å². The highest BCUT2D eigenvalue weighted by molar-refractivity contribution is 6.54. The third-order valence-corrected chi connectivity index (χ3v) is 4.63. The Morgan fingerprint density at radius 1 is 1.09 bits per heavy atom. The number of aliphatic hydroxyl groups is 1. The molecule has 0 aliphatic heterocycles. The number of allylic oxidation sites excluding steroid dienone is 2. The Kier molecular flexibility index (Phi) is 3.44. The molecule has 1 N–H and O–H groups in total. The van der Waals surface area contributed by atoms with Crippen molar-refractivity contribution < 1.29 is 14.7 Å². The summed E-state index contributed by atoms with van der Waals surface area (Å²) < 4.78 is 0. The molecule has 1 aliphatic carbocycles. The van der Waals surface area contributed by atoms with Crippen molar-refractivity contribution in [3.05, 3.63) is 64.2 Å². The Labute approximate surface area is 134 Å². The molecule has 0 atom stereocenters. The van der Waals surface area contributed by atoms with Gasteiger partial charge in [-0.1, -0.05) is 18.2 Å². The van der Waals surface area contributed by atoms with Gasteiger partial charge in [-0.05, 0) is 60.7 Å². The molecule has 116 valence electrons. The predicted molar refractivity (Wildman–Crippen MR) is 91.9 cm³/mol. The summed E-state index contributed by atoms with van der Waals surface area (Å²) in [6.07, 6.45) is 1.70. The van der Waals surface area contributed by atoms with E-state index < -0.39 is 11.6 Å². The molecule has 0 spiro atoms. The fraction of sp³-hybridized carbons (Fsp3) is 0.200. The largest absolute Gasteiger partial charge is 0.507 e. The molecular formula is C20H18O3. The van der Waals surface area contributed by atoms with E-state index in [4.69, 9.17) is 0 Å². The molecule has 0 amide bonds. The highest BCUT2D eigenvalue weighted by Crippen LogP contribution is 2.37. The zero-order valence-electron chi connectivity index (χ0n) is 13.5. The van der Waals surface area contributed by atoms with Gasteiger partial charge in [-0.2, -0.15) is 0 Å². The summed E-state index contributed by atoms with van der Waals surface area (Å²) in [5.74, 6) is -1.30. The average molecular weight is 306 g/mol. The first-order chi connectivity index (χ1) is 10.9. The minimum absolute atomic E-state index is 0.104. The third-order valence-electron chi connectivity index (χ3n) is 4.63. The average Bonchev–Trinajstić information content (AvgIpc) is 2.52. The maximum atomic E-state index is 12.6. The van der Waals surface area contributed by atoms with Crippen molar-refractivity contribution in [2.24, 2.45) is 0 Å². The van der Waals surface area contributed by atoms with Crippen molar-refractivity contribution in [3.8, 4) is 0 Å². The molecule has 0 saturated carbocycles. The van der Waals surface area contributed by atoms with Gasteiger partial charge in [-0.15, -0.1) is 6.58 Å². The molecule has 3 heteroatoms. The number of benzene rings is 2. The summed E-state index contributed by atoms with van der Waals surface area (Å²) in [4.78, 5) is 25.0. The number of fused-ring (bicyclic) bond motifs is 3. The number of aliphatic hydroxyl groups excluding tert-OH is 1. The first-order valence-electron chi connectivity index (χ1n) is 7.54. The van der Waals surface area contributed by atoms with E-state index >= 15 is 0 Å². The molecule has 3 rings (SSSR count). The molecule has 3 nitrogen and oxygen atoms in total. The van der Waals surface area contributed by atoms with Crippen LogP contribution in [0.25, 0.3) is 16.5 Å². The van der Waals surface area contributed by atoms with E-state index in [1.54, 1.807) is 6.07 Å². The second-order valence-corrected chi connectivity index (χ2v) is 6.02. The van der Waals surface area contributed by atoms with E-state index in [-0.39, 0.29) is 17.8 Å². The first kappa shape index (κ1) is 15.2. The molecule has 0 fully saturated rings. The molecular weight excluding hydrogens is 288 g/mol. The SMILES string of the molecule is C=CCC1=C(O)c2cc(C)c3c(C)c(C)ccc3c2C(=O)C1=O. The molecule has 0 bridgehead atoms.